The maximum atomic E-state index is 12.0. The van der Waals surface area contributed by atoms with E-state index in [-0.39, 0.29) is 18.3 Å². The molecule has 3 rings (SSSR count). The number of hydrazone groups is 1. The maximum Gasteiger partial charge on any atom is 0.404 e. The fourth-order valence-corrected chi connectivity index (χ4v) is 3.10. The van der Waals surface area contributed by atoms with Crippen molar-refractivity contribution in [3.05, 3.63) is 79.7 Å². The quantitative estimate of drug-likeness (QED) is 0.320. The summed E-state index contributed by atoms with van der Waals surface area (Å²) in [4.78, 5) is 26.5. The number of halogens is 1. The number of carbonyl (C=O) groups excluding carboxylic acids is 1. The smallest absolute Gasteiger partial charge is 0.404 e. The van der Waals surface area contributed by atoms with E-state index >= 15 is 0 Å². The van der Waals surface area contributed by atoms with Gasteiger partial charge < -0.3 is 14.9 Å². The molecule has 11 heteroatoms. The summed E-state index contributed by atoms with van der Waals surface area (Å²) in [6.07, 6.45) is 4.54. The Morgan fingerprint density at radius 2 is 2.10 bits per heavy atom. The Morgan fingerprint density at radius 1 is 1.37 bits per heavy atom. The molecule has 1 N–H and O–H groups in total. The minimum atomic E-state index is -0.542. The van der Waals surface area contributed by atoms with Gasteiger partial charge in [-0.3, -0.25) is 9.78 Å². The topological polar surface area (TPSA) is 125 Å². The molecule has 2 heterocycles. The minimum Gasteiger partial charge on any atom is -0.496 e. The van der Waals surface area contributed by atoms with Crippen molar-refractivity contribution in [3.63, 3.8) is 0 Å². The van der Waals surface area contributed by atoms with Crippen LogP contribution in [-0.4, -0.2) is 38.9 Å². The lowest BCUT2D eigenvalue weighted by molar-refractivity contribution is -0.390. The van der Waals surface area contributed by atoms with Crippen LogP contribution in [0.1, 0.15) is 27.2 Å². The fraction of sp³-hybridized carbons (Fsp3) is 0.158. The van der Waals surface area contributed by atoms with E-state index in [1.54, 1.807) is 31.2 Å². The van der Waals surface area contributed by atoms with Crippen LogP contribution in [0.2, 0.25) is 0 Å². The zero-order valence-electron chi connectivity index (χ0n) is 16.1. The number of ether oxygens (including phenoxy) is 1. The summed E-state index contributed by atoms with van der Waals surface area (Å²) in [6, 6.07) is 8.50. The highest BCUT2D eigenvalue weighted by Gasteiger charge is 2.24. The molecule has 0 aliphatic heterocycles. The molecule has 0 unspecified atom stereocenters. The van der Waals surface area contributed by atoms with Gasteiger partial charge in [-0.05, 0) is 63.7 Å². The standard InChI is InChI=1S/C19H17BrN6O4/c1-12-17(20)18(26(28)29)24-25(12)11-15-9-13(3-4-16(15)30-2)10-22-23-19(27)14-5-7-21-8-6-14/h3-10H,11H2,1-2H3,(H,23,27)/b22-10+. The molecule has 3 aromatic rings. The normalized spacial score (nSPS) is 10.9. The van der Waals surface area contributed by atoms with E-state index in [2.05, 4.69) is 36.5 Å². The van der Waals surface area contributed by atoms with Crippen molar-refractivity contribution >= 4 is 33.9 Å². The van der Waals surface area contributed by atoms with Crippen LogP contribution in [0.4, 0.5) is 5.82 Å². The molecule has 0 saturated heterocycles. The maximum absolute atomic E-state index is 12.0. The molecule has 0 atom stereocenters. The molecule has 0 spiro atoms. The molecule has 1 aromatic carbocycles. The van der Waals surface area contributed by atoms with Crippen molar-refractivity contribution in [1.82, 2.24) is 20.2 Å². The van der Waals surface area contributed by atoms with Crippen LogP contribution in [0.25, 0.3) is 0 Å². The summed E-state index contributed by atoms with van der Waals surface area (Å²) in [5.74, 6) is -0.00337. The van der Waals surface area contributed by atoms with Crippen molar-refractivity contribution in [2.45, 2.75) is 13.5 Å². The minimum absolute atomic E-state index is 0.247. The number of rotatable bonds is 7. The molecule has 2 aromatic heterocycles. The molecule has 0 saturated carbocycles. The van der Waals surface area contributed by atoms with Gasteiger partial charge in [-0.15, -0.1) is 0 Å². The molecular weight excluding hydrogens is 456 g/mol. The highest BCUT2D eigenvalue weighted by molar-refractivity contribution is 9.10. The van der Waals surface area contributed by atoms with Crippen LogP contribution >= 0.6 is 15.9 Å². The Kier molecular flexibility index (Phi) is 6.52. The van der Waals surface area contributed by atoms with Crippen LogP contribution in [-0.2, 0) is 6.54 Å². The van der Waals surface area contributed by atoms with Crippen LogP contribution in [0.15, 0.2) is 52.3 Å². The number of amides is 1. The van der Waals surface area contributed by atoms with E-state index in [4.69, 9.17) is 4.74 Å². The summed E-state index contributed by atoms with van der Waals surface area (Å²) in [7, 11) is 1.54. The highest BCUT2D eigenvalue weighted by atomic mass is 79.9. The Balaban J connectivity index is 1.80. The summed E-state index contributed by atoms with van der Waals surface area (Å²) >= 11 is 3.21. The lowest BCUT2D eigenvalue weighted by Crippen LogP contribution is -2.17. The van der Waals surface area contributed by atoms with Crippen LogP contribution in [0, 0.1) is 17.0 Å². The highest BCUT2D eigenvalue weighted by Crippen LogP contribution is 2.29. The number of nitrogens with one attached hydrogen (secondary N) is 1. The summed E-state index contributed by atoms with van der Waals surface area (Å²) in [6.45, 7) is 1.99. The monoisotopic (exact) mass is 472 g/mol. The van der Waals surface area contributed by atoms with Gasteiger partial charge in [0, 0.05) is 23.5 Å². The number of aromatic nitrogens is 3. The third kappa shape index (κ3) is 4.69. The number of benzene rings is 1. The van der Waals surface area contributed by atoms with Gasteiger partial charge in [-0.1, -0.05) is 0 Å². The lowest BCUT2D eigenvalue weighted by Gasteiger charge is -2.09. The predicted octanol–water partition coefficient (Wildman–Crippen LogP) is 3.08. The Morgan fingerprint density at radius 3 is 2.73 bits per heavy atom. The van der Waals surface area contributed by atoms with Crippen molar-refractivity contribution in [2.24, 2.45) is 5.10 Å². The average Bonchev–Trinajstić information content (AvgIpc) is 3.03. The number of methoxy groups -OCH3 is 1. The Bertz CT molecular complexity index is 1110. The largest absolute Gasteiger partial charge is 0.496 e. The second kappa shape index (κ2) is 9.27. The van der Waals surface area contributed by atoms with E-state index < -0.39 is 4.92 Å². The van der Waals surface area contributed by atoms with Crippen molar-refractivity contribution in [2.75, 3.05) is 7.11 Å². The van der Waals surface area contributed by atoms with Gasteiger partial charge in [-0.2, -0.15) is 9.78 Å². The third-order valence-electron chi connectivity index (χ3n) is 4.24. The Labute approximate surface area is 179 Å². The molecule has 10 nitrogen and oxygen atoms in total. The molecular formula is C19H17BrN6O4. The van der Waals surface area contributed by atoms with Crippen molar-refractivity contribution in [3.8, 4) is 5.75 Å². The summed E-state index contributed by atoms with van der Waals surface area (Å²) < 4.78 is 7.25. The molecule has 0 fully saturated rings. The zero-order chi connectivity index (χ0) is 21.7. The first-order valence-electron chi connectivity index (χ1n) is 8.68. The average molecular weight is 473 g/mol. The number of hydrogen-bond acceptors (Lipinski definition) is 7. The first kappa shape index (κ1) is 21.1. The third-order valence-corrected chi connectivity index (χ3v) is 5.16. The molecule has 30 heavy (non-hydrogen) atoms. The second-order valence-corrected chi connectivity index (χ2v) is 6.94. The number of carbonyl (C=O) groups is 1. The number of pyridine rings is 1. The van der Waals surface area contributed by atoms with Gasteiger partial charge in [-0.25, -0.2) is 5.43 Å². The summed E-state index contributed by atoms with van der Waals surface area (Å²) in [5, 5.41) is 19.1. The molecule has 1 amide bonds. The van der Waals surface area contributed by atoms with E-state index in [9.17, 15) is 14.9 Å². The zero-order valence-corrected chi connectivity index (χ0v) is 17.7. The van der Waals surface area contributed by atoms with E-state index in [1.807, 2.05) is 6.07 Å². The first-order valence-corrected chi connectivity index (χ1v) is 9.47. The molecule has 0 aliphatic carbocycles. The first-order chi connectivity index (χ1) is 14.4. The lowest BCUT2D eigenvalue weighted by atomic mass is 10.1. The SMILES string of the molecule is COc1ccc(/C=N/NC(=O)c2ccncc2)cc1Cn1nc([N+](=O)[O-])c(Br)c1C. The van der Waals surface area contributed by atoms with Crippen molar-refractivity contribution in [1.29, 1.82) is 0 Å². The fourth-order valence-electron chi connectivity index (χ4n) is 2.68. The van der Waals surface area contributed by atoms with Gasteiger partial charge in [0.15, 0.2) is 0 Å². The van der Waals surface area contributed by atoms with Gasteiger partial charge in [0.1, 0.15) is 10.2 Å². The van der Waals surface area contributed by atoms with Crippen molar-refractivity contribution < 1.29 is 14.5 Å². The summed E-state index contributed by atoms with van der Waals surface area (Å²) in [5.41, 5.74) is 4.96. The Hall–Kier alpha value is -3.60. The van der Waals surface area contributed by atoms with Gasteiger partial charge in [0.2, 0.25) is 0 Å². The predicted molar refractivity (Wildman–Crippen MR) is 113 cm³/mol. The number of nitrogens with zero attached hydrogens (tertiary/aromatic N) is 5. The van der Waals surface area contributed by atoms with E-state index in [0.717, 1.165) is 5.56 Å². The molecule has 154 valence electrons. The van der Waals surface area contributed by atoms with Gasteiger partial charge >= 0.3 is 5.82 Å². The molecule has 0 bridgehead atoms. The number of hydrogen-bond donors (Lipinski definition) is 1. The van der Waals surface area contributed by atoms with E-state index in [0.29, 0.717) is 27.0 Å². The molecule has 0 aliphatic rings. The van der Waals surface area contributed by atoms with Crippen LogP contribution in [0.5, 0.6) is 5.75 Å². The van der Waals surface area contributed by atoms with Crippen LogP contribution in [0.3, 0.4) is 0 Å². The van der Waals surface area contributed by atoms with Gasteiger partial charge in [0.25, 0.3) is 5.91 Å². The van der Waals surface area contributed by atoms with Crippen LogP contribution < -0.4 is 10.2 Å². The molecule has 0 radical (unpaired) electrons. The second-order valence-electron chi connectivity index (χ2n) is 6.14. The number of nitro groups is 1. The van der Waals surface area contributed by atoms with Gasteiger partial charge in [0.05, 0.1) is 30.7 Å². The van der Waals surface area contributed by atoms with E-state index in [1.165, 1.54) is 30.4 Å².